The zero-order valence-corrected chi connectivity index (χ0v) is 25.1. The normalized spacial score (nSPS) is 12.0. The zero-order valence-electron chi connectivity index (χ0n) is 25.1. The molecule has 44 heavy (non-hydrogen) atoms. The molecule has 2 heterocycles. The molecule has 0 N–H and O–H groups in total. The van der Waals surface area contributed by atoms with Gasteiger partial charge in [0, 0.05) is 16.3 Å². The van der Waals surface area contributed by atoms with Crippen molar-refractivity contribution < 1.29 is 4.42 Å². The highest BCUT2D eigenvalue weighted by Gasteiger charge is 2.24. The molecule has 6 aromatic carbocycles. The van der Waals surface area contributed by atoms with Gasteiger partial charge in [0.25, 0.3) is 0 Å². The van der Waals surface area contributed by atoms with Gasteiger partial charge < -0.3 is 4.42 Å². The lowest BCUT2D eigenvalue weighted by Gasteiger charge is -2.25. The molecular weight excluding hydrogens is 536 g/mol. The number of hydrogen-bond acceptors (Lipinski definition) is 2. The number of fused-ring (bicyclic) bond motifs is 4. The molecule has 2 aromatic heterocycles. The molecular formula is C41H32N2O. The summed E-state index contributed by atoms with van der Waals surface area (Å²) in [5, 5.41) is 2.19. The molecule has 8 aromatic rings. The molecule has 0 aliphatic heterocycles. The molecule has 0 aliphatic rings. The summed E-state index contributed by atoms with van der Waals surface area (Å²) >= 11 is 0. The molecule has 0 radical (unpaired) electrons. The van der Waals surface area contributed by atoms with Crippen molar-refractivity contribution in [2.45, 2.75) is 26.2 Å². The summed E-state index contributed by atoms with van der Waals surface area (Å²) < 4.78 is 8.64. The van der Waals surface area contributed by atoms with Crippen LogP contribution in [-0.4, -0.2) is 9.55 Å². The van der Waals surface area contributed by atoms with E-state index in [0.29, 0.717) is 0 Å². The second kappa shape index (κ2) is 10.1. The third-order valence-electron chi connectivity index (χ3n) is 8.55. The van der Waals surface area contributed by atoms with Gasteiger partial charge in [0.1, 0.15) is 17.0 Å². The first-order valence-corrected chi connectivity index (χ1v) is 15.1. The molecule has 0 amide bonds. The average Bonchev–Trinajstić information content (AvgIpc) is 3.63. The van der Waals surface area contributed by atoms with E-state index in [1.807, 2.05) is 6.07 Å². The maximum atomic E-state index is 6.30. The van der Waals surface area contributed by atoms with Crippen molar-refractivity contribution in [3.8, 4) is 39.3 Å². The van der Waals surface area contributed by atoms with Crippen LogP contribution in [0.3, 0.4) is 0 Å². The van der Waals surface area contributed by atoms with Crippen molar-refractivity contribution in [1.29, 1.82) is 0 Å². The summed E-state index contributed by atoms with van der Waals surface area (Å²) in [4.78, 5) is 5.23. The Morgan fingerprint density at radius 2 is 1.07 bits per heavy atom. The van der Waals surface area contributed by atoms with Gasteiger partial charge in [-0.15, -0.1) is 0 Å². The summed E-state index contributed by atoms with van der Waals surface area (Å²) in [5.41, 5.74) is 12.0. The first-order chi connectivity index (χ1) is 21.4. The number of aromatic nitrogens is 2. The van der Waals surface area contributed by atoms with Crippen LogP contribution >= 0.6 is 0 Å². The maximum Gasteiger partial charge on any atom is 0.145 e. The smallest absolute Gasteiger partial charge is 0.145 e. The molecule has 3 heteroatoms. The van der Waals surface area contributed by atoms with Crippen LogP contribution in [0.1, 0.15) is 26.3 Å². The third kappa shape index (κ3) is 4.40. The summed E-state index contributed by atoms with van der Waals surface area (Å²) in [6, 6.07) is 49.3. The fraction of sp³-hybridized carbons (Fsp3) is 0.0976. The highest BCUT2D eigenvalue weighted by Crippen LogP contribution is 2.39. The fourth-order valence-corrected chi connectivity index (χ4v) is 6.33. The Kier molecular flexibility index (Phi) is 6.02. The van der Waals surface area contributed by atoms with Gasteiger partial charge in [0.15, 0.2) is 0 Å². The van der Waals surface area contributed by atoms with Gasteiger partial charge in [-0.05, 0) is 87.8 Å². The number of hydrogen-bond donors (Lipinski definition) is 0. The molecule has 8 rings (SSSR count). The van der Waals surface area contributed by atoms with Crippen LogP contribution in [0.15, 0.2) is 144 Å². The lowest BCUT2D eigenvalue weighted by molar-refractivity contribution is 0.587. The highest BCUT2D eigenvalue weighted by molar-refractivity contribution is 6.07. The van der Waals surface area contributed by atoms with E-state index in [4.69, 9.17) is 9.40 Å². The van der Waals surface area contributed by atoms with E-state index in [1.165, 1.54) is 27.8 Å². The number of furan rings is 1. The topological polar surface area (TPSA) is 31.0 Å². The van der Waals surface area contributed by atoms with E-state index >= 15 is 0 Å². The Hall–Kier alpha value is -5.41. The average molecular weight is 569 g/mol. The van der Waals surface area contributed by atoms with Crippen LogP contribution < -0.4 is 0 Å². The van der Waals surface area contributed by atoms with Crippen molar-refractivity contribution in [2.75, 3.05) is 0 Å². The van der Waals surface area contributed by atoms with Crippen LogP contribution in [-0.2, 0) is 5.41 Å². The minimum atomic E-state index is -0.0959. The Bertz CT molecular complexity index is 2300. The summed E-state index contributed by atoms with van der Waals surface area (Å²) in [6.07, 6.45) is 0. The van der Waals surface area contributed by atoms with Gasteiger partial charge in [-0.25, -0.2) is 4.98 Å². The van der Waals surface area contributed by atoms with E-state index in [0.717, 1.165) is 50.0 Å². The van der Waals surface area contributed by atoms with Crippen molar-refractivity contribution in [3.05, 3.63) is 145 Å². The second-order valence-electron chi connectivity index (χ2n) is 12.5. The van der Waals surface area contributed by atoms with E-state index in [2.05, 4.69) is 159 Å². The van der Waals surface area contributed by atoms with Crippen molar-refractivity contribution >= 4 is 33.0 Å². The Morgan fingerprint density at radius 1 is 0.523 bits per heavy atom. The van der Waals surface area contributed by atoms with Gasteiger partial charge in [0.2, 0.25) is 0 Å². The van der Waals surface area contributed by atoms with Crippen molar-refractivity contribution in [3.63, 3.8) is 0 Å². The van der Waals surface area contributed by atoms with Crippen LogP contribution in [0.5, 0.6) is 0 Å². The molecule has 0 bridgehead atoms. The van der Waals surface area contributed by atoms with Crippen LogP contribution in [0.2, 0.25) is 0 Å². The maximum absolute atomic E-state index is 6.30. The SMILES string of the molecule is CC(C)(C)c1cc(-c2ccccc2)ccc1-n1c(-c2ccc3oc4ccc(-c5ccccc5)cc4c3c2)nc2ccccc21. The standard InChI is InChI=1S/C41H32N2O/c1-41(2,3)34-26-30(28-14-8-5-9-15-28)18-21-36(34)43-37-17-11-10-16-35(37)42-40(43)31-20-23-39-33(25-31)32-24-29(19-22-38(32)44-39)27-12-6-4-7-13-27/h4-26H,1-3H3. The van der Waals surface area contributed by atoms with E-state index in [-0.39, 0.29) is 5.41 Å². The second-order valence-corrected chi connectivity index (χ2v) is 12.5. The summed E-state index contributed by atoms with van der Waals surface area (Å²) in [6.45, 7) is 6.86. The van der Waals surface area contributed by atoms with Gasteiger partial charge in [-0.3, -0.25) is 4.57 Å². The zero-order chi connectivity index (χ0) is 29.8. The van der Waals surface area contributed by atoms with E-state index in [1.54, 1.807) is 0 Å². The number of benzene rings is 6. The summed E-state index contributed by atoms with van der Waals surface area (Å²) in [7, 11) is 0. The van der Waals surface area contributed by atoms with Crippen LogP contribution in [0.4, 0.5) is 0 Å². The number of imidazole rings is 1. The van der Waals surface area contributed by atoms with Crippen LogP contribution in [0, 0.1) is 0 Å². The van der Waals surface area contributed by atoms with Crippen LogP contribution in [0.25, 0.3) is 72.3 Å². The number of para-hydroxylation sites is 2. The third-order valence-corrected chi connectivity index (χ3v) is 8.55. The molecule has 0 saturated heterocycles. The Balaban J connectivity index is 1.35. The van der Waals surface area contributed by atoms with Crippen molar-refractivity contribution in [2.24, 2.45) is 0 Å². The molecule has 212 valence electrons. The lowest BCUT2D eigenvalue weighted by Crippen LogP contribution is -2.16. The van der Waals surface area contributed by atoms with E-state index < -0.39 is 0 Å². The molecule has 0 unspecified atom stereocenters. The minimum Gasteiger partial charge on any atom is -0.456 e. The lowest BCUT2D eigenvalue weighted by atomic mass is 9.84. The van der Waals surface area contributed by atoms with Crippen molar-refractivity contribution in [1.82, 2.24) is 9.55 Å². The first kappa shape index (κ1) is 26.2. The first-order valence-electron chi connectivity index (χ1n) is 15.1. The largest absolute Gasteiger partial charge is 0.456 e. The molecule has 0 saturated carbocycles. The Labute approximate surface area is 257 Å². The molecule has 0 spiro atoms. The number of nitrogens with zero attached hydrogens (tertiary/aromatic N) is 2. The minimum absolute atomic E-state index is 0.0959. The predicted molar refractivity (Wildman–Crippen MR) is 183 cm³/mol. The highest BCUT2D eigenvalue weighted by atomic mass is 16.3. The monoisotopic (exact) mass is 568 g/mol. The molecule has 0 aliphatic carbocycles. The van der Waals surface area contributed by atoms with Gasteiger partial charge >= 0.3 is 0 Å². The number of rotatable bonds is 4. The van der Waals surface area contributed by atoms with E-state index in [9.17, 15) is 0 Å². The predicted octanol–water partition coefficient (Wildman–Crippen LogP) is 11.2. The Morgan fingerprint density at radius 3 is 1.73 bits per heavy atom. The molecule has 3 nitrogen and oxygen atoms in total. The quantitative estimate of drug-likeness (QED) is 0.211. The van der Waals surface area contributed by atoms with Gasteiger partial charge in [-0.1, -0.05) is 106 Å². The van der Waals surface area contributed by atoms with Gasteiger partial charge in [0.05, 0.1) is 16.7 Å². The molecule has 0 atom stereocenters. The fourth-order valence-electron chi connectivity index (χ4n) is 6.33. The van der Waals surface area contributed by atoms with Gasteiger partial charge in [-0.2, -0.15) is 0 Å². The molecule has 0 fully saturated rings. The summed E-state index contributed by atoms with van der Waals surface area (Å²) in [5.74, 6) is 0.916.